The number of nitriles is 2. The van der Waals surface area contributed by atoms with Crippen LogP contribution < -0.4 is 15.0 Å². The number of aromatic nitrogens is 3. The van der Waals surface area contributed by atoms with Gasteiger partial charge in [-0.3, -0.25) is 0 Å². The highest BCUT2D eigenvalue weighted by atomic mass is 16.5. The Kier molecular flexibility index (Phi) is 5.98. The van der Waals surface area contributed by atoms with E-state index >= 15 is 0 Å². The Morgan fingerprint density at radius 2 is 1.85 bits per heavy atom. The topological polar surface area (TPSA) is 111 Å². The van der Waals surface area contributed by atoms with Gasteiger partial charge in [0, 0.05) is 6.54 Å². The molecule has 1 aromatic rings. The van der Waals surface area contributed by atoms with Gasteiger partial charge in [0.2, 0.25) is 11.9 Å². The molecule has 0 atom stereocenters. The molecule has 0 aliphatic rings. The fourth-order valence-electron chi connectivity index (χ4n) is 1.36. The van der Waals surface area contributed by atoms with Crippen molar-refractivity contribution in [3.8, 4) is 18.1 Å². The summed E-state index contributed by atoms with van der Waals surface area (Å²) in [5.74, 6) is 0.601. The molecule has 0 amide bonds. The zero-order valence-corrected chi connectivity index (χ0v) is 11.8. The molecule has 8 nitrogen and oxygen atoms in total. The summed E-state index contributed by atoms with van der Waals surface area (Å²) in [6.45, 7) is 6.31. The smallest absolute Gasteiger partial charge is 0.323 e. The van der Waals surface area contributed by atoms with E-state index in [4.69, 9.17) is 15.3 Å². The van der Waals surface area contributed by atoms with Crippen molar-refractivity contribution >= 4 is 11.9 Å². The van der Waals surface area contributed by atoms with Crippen molar-refractivity contribution in [2.24, 2.45) is 0 Å². The van der Waals surface area contributed by atoms with Crippen LogP contribution >= 0.6 is 0 Å². The molecule has 0 fully saturated rings. The Bertz CT molecular complexity index is 502. The van der Waals surface area contributed by atoms with E-state index in [-0.39, 0.29) is 31.2 Å². The molecule has 0 saturated heterocycles. The average Bonchev–Trinajstić information content (AvgIpc) is 2.37. The summed E-state index contributed by atoms with van der Waals surface area (Å²) in [6, 6.07) is 4.12. The second-order valence-electron chi connectivity index (χ2n) is 4.11. The van der Waals surface area contributed by atoms with Crippen molar-refractivity contribution in [3.63, 3.8) is 0 Å². The van der Waals surface area contributed by atoms with Crippen LogP contribution in [0.5, 0.6) is 6.01 Å². The molecule has 1 aromatic heterocycles. The molecular formula is C12H17N7O. The van der Waals surface area contributed by atoms with Gasteiger partial charge in [0.15, 0.2) is 0 Å². The summed E-state index contributed by atoms with van der Waals surface area (Å²) in [5, 5.41) is 20.6. The monoisotopic (exact) mass is 275 g/mol. The molecule has 0 aliphatic heterocycles. The third-order valence-corrected chi connectivity index (χ3v) is 2.09. The zero-order valence-electron chi connectivity index (χ0n) is 11.8. The van der Waals surface area contributed by atoms with E-state index in [0.717, 1.165) is 0 Å². The minimum Gasteiger partial charge on any atom is -0.461 e. The molecule has 0 aliphatic carbocycles. The number of hydrogen-bond donors (Lipinski definition) is 1. The molecule has 1 rings (SSSR count). The number of hydrogen-bond acceptors (Lipinski definition) is 8. The highest BCUT2D eigenvalue weighted by molar-refractivity contribution is 5.40. The van der Waals surface area contributed by atoms with E-state index in [0.29, 0.717) is 12.5 Å². The zero-order chi connectivity index (χ0) is 15.0. The first-order valence-corrected chi connectivity index (χ1v) is 6.26. The molecular weight excluding hydrogens is 258 g/mol. The van der Waals surface area contributed by atoms with Gasteiger partial charge in [0.25, 0.3) is 0 Å². The Hall–Kier alpha value is -2.61. The molecule has 0 spiro atoms. The van der Waals surface area contributed by atoms with E-state index in [9.17, 15) is 0 Å². The largest absolute Gasteiger partial charge is 0.461 e. The van der Waals surface area contributed by atoms with Gasteiger partial charge in [-0.1, -0.05) is 0 Å². The third-order valence-electron chi connectivity index (χ3n) is 2.09. The lowest BCUT2D eigenvalue weighted by Crippen LogP contribution is -2.27. The predicted octanol–water partition coefficient (Wildman–Crippen LogP) is 0.944. The molecule has 20 heavy (non-hydrogen) atoms. The molecule has 1 heterocycles. The fraction of sp³-hybridized carbons (Fsp3) is 0.583. The molecule has 106 valence electrons. The van der Waals surface area contributed by atoms with Crippen molar-refractivity contribution in [1.29, 1.82) is 10.5 Å². The van der Waals surface area contributed by atoms with Crippen LogP contribution in [0.3, 0.4) is 0 Å². The van der Waals surface area contributed by atoms with Crippen LogP contribution in [-0.4, -0.2) is 40.7 Å². The maximum absolute atomic E-state index is 8.79. The van der Waals surface area contributed by atoms with Gasteiger partial charge >= 0.3 is 6.01 Å². The lowest BCUT2D eigenvalue weighted by Gasteiger charge is -2.17. The van der Waals surface area contributed by atoms with Gasteiger partial charge in [0.1, 0.15) is 13.1 Å². The number of ether oxygens (including phenoxy) is 1. The lowest BCUT2D eigenvalue weighted by molar-refractivity contribution is 0.222. The van der Waals surface area contributed by atoms with Crippen molar-refractivity contribution in [2.45, 2.75) is 26.9 Å². The Balaban J connectivity index is 3.12. The van der Waals surface area contributed by atoms with Crippen LogP contribution in [0.15, 0.2) is 0 Å². The second-order valence-corrected chi connectivity index (χ2v) is 4.11. The second kappa shape index (κ2) is 7.74. The maximum Gasteiger partial charge on any atom is 0.323 e. The third kappa shape index (κ3) is 4.58. The van der Waals surface area contributed by atoms with Gasteiger partial charge in [-0.15, -0.1) is 0 Å². The van der Waals surface area contributed by atoms with E-state index in [1.165, 1.54) is 4.90 Å². The number of anilines is 2. The first-order valence-electron chi connectivity index (χ1n) is 6.26. The summed E-state index contributed by atoms with van der Waals surface area (Å²) in [6.07, 6.45) is -0.0832. The minimum atomic E-state index is -0.0832. The van der Waals surface area contributed by atoms with Crippen molar-refractivity contribution in [1.82, 2.24) is 15.0 Å². The van der Waals surface area contributed by atoms with E-state index < -0.39 is 0 Å². The summed E-state index contributed by atoms with van der Waals surface area (Å²) in [5.41, 5.74) is 0. The molecule has 0 aromatic carbocycles. The van der Waals surface area contributed by atoms with Crippen molar-refractivity contribution < 1.29 is 4.74 Å². The quantitative estimate of drug-likeness (QED) is 0.732. The normalized spacial score (nSPS) is 9.70. The van der Waals surface area contributed by atoms with Crippen molar-refractivity contribution in [2.75, 3.05) is 29.9 Å². The van der Waals surface area contributed by atoms with E-state index in [2.05, 4.69) is 20.3 Å². The van der Waals surface area contributed by atoms with E-state index in [1.54, 1.807) is 0 Å². The van der Waals surface area contributed by atoms with Gasteiger partial charge < -0.3 is 15.0 Å². The molecule has 0 radical (unpaired) electrons. The number of nitrogens with zero attached hydrogens (tertiary/aromatic N) is 6. The summed E-state index contributed by atoms with van der Waals surface area (Å²) >= 11 is 0. The average molecular weight is 275 g/mol. The fourth-order valence-corrected chi connectivity index (χ4v) is 1.36. The first kappa shape index (κ1) is 15.4. The number of rotatable bonds is 7. The highest BCUT2D eigenvalue weighted by Crippen LogP contribution is 2.15. The van der Waals surface area contributed by atoms with Gasteiger partial charge in [0.05, 0.1) is 18.2 Å². The van der Waals surface area contributed by atoms with E-state index in [1.807, 2.05) is 32.9 Å². The van der Waals surface area contributed by atoms with Crippen LogP contribution in [0.25, 0.3) is 0 Å². The summed E-state index contributed by atoms with van der Waals surface area (Å²) < 4.78 is 5.45. The van der Waals surface area contributed by atoms with Gasteiger partial charge in [-0.25, -0.2) is 0 Å². The van der Waals surface area contributed by atoms with Crippen LogP contribution in [0, 0.1) is 22.7 Å². The Labute approximate surface area is 118 Å². The van der Waals surface area contributed by atoms with Gasteiger partial charge in [-0.05, 0) is 20.8 Å². The highest BCUT2D eigenvalue weighted by Gasteiger charge is 2.14. The SMILES string of the molecule is CCNc1nc(OC(C)C)nc(N(CC#N)CC#N)n1. The molecule has 0 bridgehead atoms. The first-order chi connectivity index (χ1) is 9.60. The van der Waals surface area contributed by atoms with Crippen LogP contribution in [0.4, 0.5) is 11.9 Å². The molecule has 1 N–H and O–H groups in total. The lowest BCUT2D eigenvalue weighted by atomic mass is 10.5. The summed E-state index contributed by atoms with van der Waals surface area (Å²) in [4.78, 5) is 13.9. The Morgan fingerprint density at radius 3 is 2.35 bits per heavy atom. The van der Waals surface area contributed by atoms with Crippen LogP contribution in [-0.2, 0) is 0 Å². The molecule has 8 heteroatoms. The van der Waals surface area contributed by atoms with Crippen molar-refractivity contribution in [3.05, 3.63) is 0 Å². The minimum absolute atomic E-state index is 0.0181. The van der Waals surface area contributed by atoms with Crippen LogP contribution in [0.2, 0.25) is 0 Å². The predicted molar refractivity (Wildman–Crippen MR) is 73.2 cm³/mol. The molecule has 0 saturated carbocycles. The molecule has 0 unspecified atom stereocenters. The maximum atomic E-state index is 8.79. The Morgan fingerprint density at radius 1 is 1.20 bits per heavy atom. The van der Waals surface area contributed by atoms with Gasteiger partial charge in [-0.2, -0.15) is 25.5 Å². The number of nitrogens with one attached hydrogen (secondary N) is 1. The van der Waals surface area contributed by atoms with Crippen LogP contribution in [0.1, 0.15) is 20.8 Å². The summed E-state index contributed by atoms with van der Waals surface area (Å²) in [7, 11) is 0. The standard InChI is InChI=1S/C12H17N7O/c1-4-15-10-16-11(19(7-5-13)8-6-14)18-12(17-10)20-9(2)3/h9H,4,7-8H2,1-3H3,(H,15,16,17,18).